The summed E-state index contributed by atoms with van der Waals surface area (Å²) in [5, 5.41) is 0. The molecule has 1 aliphatic heterocycles. The van der Waals surface area contributed by atoms with Crippen LogP contribution in [0.15, 0.2) is 0 Å². The van der Waals surface area contributed by atoms with Crippen LogP contribution in [-0.2, 0) is 4.74 Å². The van der Waals surface area contributed by atoms with E-state index in [1.165, 1.54) is 38.6 Å². The van der Waals surface area contributed by atoms with E-state index in [-0.39, 0.29) is 0 Å². The Bertz CT molecular complexity index is 147. The van der Waals surface area contributed by atoms with Crippen molar-refractivity contribution in [3.8, 4) is 0 Å². The molecule has 0 saturated carbocycles. The molecule has 0 aromatic carbocycles. The smallest absolute Gasteiger partial charge is 0.0588 e. The summed E-state index contributed by atoms with van der Waals surface area (Å²) in [6.07, 6.45) is 6.75. The zero-order valence-corrected chi connectivity index (χ0v) is 10.1. The monoisotopic (exact) mass is 214 g/mol. The summed E-state index contributed by atoms with van der Waals surface area (Å²) in [5.41, 5.74) is 5.61. The van der Waals surface area contributed by atoms with Gasteiger partial charge < -0.3 is 15.4 Å². The van der Waals surface area contributed by atoms with Crippen LogP contribution in [-0.4, -0.2) is 43.8 Å². The van der Waals surface area contributed by atoms with E-state index in [1.807, 2.05) is 0 Å². The molecule has 0 aromatic heterocycles. The van der Waals surface area contributed by atoms with Gasteiger partial charge in [-0.25, -0.2) is 0 Å². The Morgan fingerprint density at radius 3 is 2.80 bits per heavy atom. The van der Waals surface area contributed by atoms with Gasteiger partial charge in [0, 0.05) is 26.2 Å². The van der Waals surface area contributed by atoms with Crippen LogP contribution in [0, 0.1) is 0 Å². The minimum absolute atomic E-state index is 0.520. The highest BCUT2D eigenvalue weighted by molar-refractivity contribution is 4.68. The summed E-state index contributed by atoms with van der Waals surface area (Å²) in [4.78, 5) is 2.48. The maximum atomic E-state index is 5.63. The Balaban J connectivity index is 2.11. The molecule has 0 aromatic rings. The number of hydrogen-bond acceptors (Lipinski definition) is 3. The molecule has 3 heteroatoms. The third-order valence-corrected chi connectivity index (χ3v) is 3.06. The van der Waals surface area contributed by atoms with E-state index in [9.17, 15) is 0 Å². The fourth-order valence-electron chi connectivity index (χ4n) is 2.10. The van der Waals surface area contributed by atoms with Crippen LogP contribution < -0.4 is 5.73 Å². The maximum absolute atomic E-state index is 5.63. The molecule has 1 saturated heterocycles. The predicted molar refractivity (Wildman–Crippen MR) is 64.0 cm³/mol. The highest BCUT2D eigenvalue weighted by Crippen LogP contribution is 2.15. The quantitative estimate of drug-likeness (QED) is 0.667. The van der Waals surface area contributed by atoms with Crippen molar-refractivity contribution in [3.05, 3.63) is 0 Å². The zero-order chi connectivity index (χ0) is 10.9. The first-order valence-electron chi connectivity index (χ1n) is 6.40. The highest BCUT2D eigenvalue weighted by Gasteiger charge is 2.16. The van der Waals surface area contributed by atoms with Gasteiger partial charge in [0.1, 0.15) is 0 Å². The summed E-state index contributed by atoms with van der Waals surface area (Å²) in [5.74, 6) is 0. The zero-order valence-electron chi connectivity index (χ0n) is 10.1. The van der Waals surface area contributed by atoms with Crippen LogP contribution in [0.3, 0.4) is 0 Å². The molecule has 1 unspecified atom stereocenters. The molecule has 1 aliphatic rings. The van der Waals surface area contributed by atoms with E-state index < -0.39 is 0 Å². The van der Waals surface area contributed by atoms with E-state index in [1.54, 1.807) is 0 Å². The molecule has 1 heterocycles. The van der Waals surface area contributed by atoms with E-state index in [0.29, 0.717) is 6.10 Å². The topological polar surface area (TPSA) is 38.5 Å². The number of hydrogen-bond donors (Lipinski definition) is 1. The van der Waals surface area contributed by atoms with Crippen molar-refractivity contribution in [1.29, 1.82) is 0 Å². The van der Waals surface area contributed by atoms with Gasteiger partial charge in [0.25, 0.3) is 0 Å². The third-order valence-electron chi connectivity index (χ3n) is 3.06. The summed E-state index contributed by atoms with van der Waals surface area (Å²) < 4.78 is 5.63. The first-order valence-corrected chi connectivity index (χ1v) is 6.40. The second kappa shape index (κ2) is 8.08. The lowest BCUT2D eigenvalue weighted by Gasteiger charge is -2.22. The van der Waals surface area contributed by atoms with Gasteiger partial charge in [-0.15, -0.1) is 0 Å². The summed E-state index contributed by atoms with van der Waals surface area (Å²) in [7, 11) is 0. The summed E-state index contributed by atoms with van der Waals surface area (Å²) >= 11 is 0. The minimum atomic E-state index is 0.520. The molecule has 0 aliphatic carbocycles. The molecule has 0 radical (unpaired) electrons. The molecular formula is C12H26N2O. The fraction of sp³-hybridized carbons (Fsp3) is 1.00. The molecule has 90 valence electrons. The van der Waals surface area contributed by atoms with Gasteiger partial charge in [0.15, 0.2) is 0 Å². The van der Waals surface area contributed by atoms with Crippen LogP contribution >= 0.6 is 0 Å². The van der Waals surface area contributed by atoms with E-state index in [0.717, 1.165) is 26.2 Å². The lowest BCUT2D eigenvalue weighted by atomic mass is 10.1. The average Bonchev–Trinajstić information content (AvgIpc) is 2.75. The van der Waals surface area contributed by atoms with Crippen molar-refractivity contribution in [3.63, 3.8) is 0 Å². The molecule has 1 rings (SSSR count). The van der Waals surface area contributed by atoms with Gasteiger partial charge in [-0.1, -0.05) is 13.3 Å². The number of nitrogens with two attached hydrogens (primary N) is 1. The minimum Gasteiger partial charge on any atom is -0.378 e. The molecule has 0 bridgehead atoms. The summed E-state index contributed by atoms with van der Waals surface area (Å²) in [6.45, 7) is 7.36. The van der Waals surface area contributed by atoms with Crippen molar-refractivity contribution in [1.82, 2.24) is 4.90 Å². The van der Waals surface area contributed by atoms with Crippen molar-refractivity contribution < 1.29 is 4.74 Å². The van der Waals surface area contributed by atoms with Crippen molar-refractivity contribution in [2.75, 3.05) is 32.8 Å². The van der Waals surface area contributed by atoms with Gasteiger partial charge in [-0.05, 0) is 32.2 Å². The van der Waals surface area contributed by atoms with E-state index >= 15 is 0 Å². The molecular weight excluding hydrogens is 188 g/mol. The molecule has 1 fully saturated rings. The SMILES string of the molecule is CCCCN(CCN)CCC1CCCO1. The standard InChI is InChI=1S/C12H26N2O/c1-2-3-8-14(10-7-13)9-6-12-5-4-11-15-12/h12H,2-11,13H2,1H3. The number of rotatable bonds is 8. The van der Waals surface area contributed by atoms with Crippen LogP contribution in [0.2, 0.25) is 0 Å². The van der Waals surface area contributed by atoms with Crippen LogP contribution in [0.5, 0.6) is 0 Å². The van der Waals surface area contributed by atoms with Crippen LogP contribution in [0.4, 0.5) is 0 Å². The first-order chi connectivity index (χ1) is 7.36. The van der Waals surface area contributed by atoms with Crippen molar-refractivity contribution in [2.45, 2.75) is 45.1 Å². The van der Waals surface area contributed by atoms with Gasteiger partial charge >= 0.3 is 0 Å². The number of ether oxygens (including phenoxy) is 1. The Kier molecular flexibility index (Phi) is 6.98. The Hall–Kier alpha value is -0.120. The second-order valence-electron chi connectivity index (χ2n) is 4.41. The molecule has 1 atom stereocenters. The van der Waals surface area contributed by atoms with E-state index in [2.05, 4.69) is 11.8 Å². The molecule has 2 N–H and O–H groups in total. The Morgan fingerprint density at radius 2 is 2.20 bits per heavy atom. The lowest BCUT2D eigenvalue weighted by molar-refractivity contribution is 0.0921. The van der Waals surface area contributed by atoms with Crippen molar-refractivity contribution in [2.24, 2.45) is 5.73 Å². The van der Waals surface area contributed by atoms with Gasteiger partial charge in [0.05, 0.1) is 6.10 Å². The normalized spacial score (nSPS) is 21.4. The Morgan fingerprint density at radius 1 is 1.33 bits per heavy atom. The third kappa shape index (κ3) is 5.50. The van der Waals surface area contributed by atoms with Gasteiger partial charge in [-0.3, -0.25) is 0 Å². The fourth-order valence-corrected chi connectivity index (χ4v) is 2.10. The highest BCUT2D eigenvalue weighted by atomic mass is 16.5. The average molecular weight is 214 g/mol. The van der Waals surface area contributed by atoms with E-state index in [4.69, 9.17) is 10.5 Å². The van der Waals surface area contributed by atoms with Gasteiger partial charge in [-0.2, -0.15) is 0 Å². The van der Waals surface area contributed by atoms with Crippen molar-refractivity contribution >= 4 is 0 Å². The number of unbranched alkanes of at least 4 members (excludes halogenated alkanes) is 1. The predicted octanol–water partition coefficient (Wildman–Crippen LogP) is 1.62. The first kappa shape index (κ1) is 12.9. The summed E-state index contributed by atoms with van der Waals surface area (Å²) in [6, 6.07) is 0. The molecule has 0 amide bonds. The lowest BCUT2D eigenvalue weighted by Crippen LogP contribution is -2.33. The number of nitrogens with zero attached hydrogens (tertiary/aromatic N) is 1. The molecule has 15 heavy (non-hydrogen) atoms. The van der Waals surface area contributed by atoms with Crippen LogP contribution in [0.1, 0.15) is 39.0 Å². The molecule has 3 nitrogen and oxygen atoms in total. The largest absolute Gasteiger partial charge is 0.378 e. The molecule has 0 spiro atoms. The van der Waals surface area contributed by atoms with Gasteiger partial charge in [0.2, 0.25) is 0 Å². The second-order valence-corrected chi connectivity index (χ2v) is 4.41. The Labute approximate surface area is 94.0 Å². The maximum Gasteiger partial charge on any atom is 0.0588 e. The van der Waals surface area contributed by atoms with Crippen LogP contribution in [0.25, 0.3) is 0 Å².